The predicted molar refractivity (Wildman–Crippen MR) is 208 cm³/mol. The Morgan fingerprint density at radius 3 is 0.840 bits per heavy atom. The fraction of sp³-hybridized carbons (Fsp3) is 0.182. The Morgan fingerprint density at radius 1 is 0.380 bits per heavy atom. The fourth-order valence-electron chi connectivity index (χ4n) is 8.84. The molecule has 0 saturated heterocycles. The second kappa shape index (κ2) is 13.4. The molecule has 2 bridgehead atoms. The van der Waals surface area contributed by atoms with Crippen molar-refractivity contribution in [3.05, 3.63) is 192 Å². The molecule has 0 unspecified atom stereocenters. The molecular formula is C44H42N2O2P2. The summed E-state index contributed by atoms with van der Waals surface area (Å²) in [5.41, 5.74) is 5.43. The zero-order valence-electron chi connectivity index (χ0n) is 28.5. The molecule has 3 aliphatic carbocycles. The van der Waals surface area contributed by atoms with Gasteiger partial charge in [-0.1, -0.05) is 121 Å². The SMILES string of the molecule is CN(C[C@H]1C2c3ccccc3C(c3ccccc32)[C@@H]1CN(C)P(=O)(c1ccccc1)c1ccccc1)P(=O)(c1ccccc1)c1ccccc1. The second-order valence-corrected chi connectivity index (χ2v) is 19.5. The lowest BCUT2D eigenvalue weighted by Crippen LogP contribution is -2.49. The van der Waals surface area contributed by atoms with Crippen LogP contribution in [0.2, 0.25) is 0 Å². The van der Waals surface area contributed by atoms with E-state index in [1.165, 1.54) is 22.3 Å². The molecular weight excluding hydrogens is 650 g/mol. The molecule has 0 fully saturated rings. The molecule has 3 aliphatic rings. The maximum atomic E-state index is 15.6. The maximum absolute atomic E-state index is 15.6. The predicted octanol–water partition coefficient (Wildman–Crippen LogP) is 8.23. The van der Waals surface area contributed by atoms with Crippen LogP contribution in [0.15, 0.2) is 170 Å². The topological polar surface area (TPSA) is 40.6 Å². The van der Waals surface area contributed by atoms with Gasteiger partial charge in [0.25, 0.3) is 0 Å². The Hall–Kier alpha value is -4.30. The third-order valence-corrected chi connectivity index (χ3v) is 17.3. The van der Waals surface area contributed by atoms with Crippen molar-refractivity contribution >= 4 is 35.8 Å². The van der Waals surface area contributed by atoms with Crippen LogP contribution in [0, 0.1) is 11.8 Å². The van der Waals surface area contributed by atoms with E-state index in [4.69, 9.17) is 0 Å². The summed E-state index contributed by atoms with van der Waals surface area (Å²) < 4.78 is 35.5. The van der Waals surface area contributed by atoms with E-state index in [0.29, 0.717) is 13.1 Å². The van der Waals surface area contributed by atoms with Crippen molar-refractivity contribution in [1.82, 2.24) is 9.34 Å². The highest BCUT2D eigenvalue weighted by Crippen LogP contribution is 2.61. The lowest BCUT2D eigenvalue weighted by Gasteiger charge is -2.53. The lowest BCUT2D eigenvalue weighted by atomic mass is 9.54. The third-order valence-electron chi connectivity index (χ3n) is 11.1. The number of hydrogen-bond donors (Lipinski definition) is 0. The molecule has 0 N–H and O–H groups in total. The van der Waals surface area contributed by atoms with Crippen molar-refractivity contribution in [1.29, 1.82) is 0 Å². The minimum atomic E-state index is -3.20. The standard InChI is InChI=1S/C44H42N2O2P2/c1-45(49(47,33-19-7-3-8-20-33)34-21-9-4-10-22-34)31-41-42(44-39-29-17-15-27-37(39)43(41)38-28-16-18-30-40(38)44)32-46(2)50(48,35-23-11-5-12-24-35)36-25-13-6-14-26-36/h3-30,41-44H,31-32H2,1-2H3/t41-,42-,43?,44?/m1/s1. The van der Waals surface area contributed by atoms with Crippen molar-refractivity contribution in [3.8, 4) is 0 Å². The number of hydrogen-bond acceptors (Lipinski definition) is 2. The van der Waals surface area contributed by atoms with Crippen molar-refractivity contribution in [3.63, 3.8) is 0 Å². The molecule has 6 aromatic rings. The Labute approximate surface area is 296 Å². The third kappa shape index (κ3) is 5.38. The summed E-state index contributed by atoms with van der Waals surface area (Å²) in [6.45, 7) is 1.23. The lowest BCUT2D eigenvalue weighted by molar-refractivity contribution is 0.177. The summed E-state index contributed by atoms with van der Waals surface area (Å²) in [5, 5.41) is 3.34. The molecule has 50 heavy (non-hydrogen) atoms. The highest BCUT2D eigenvalue weighted by Gasteiger charge is 2.52. The van der Waals surface area contributed by atoms with Crippen LogP contribution >= 0.6 is 14.6 Å². The van der Waals surface area contributed by atoms with Crippen LogP contribution in [-0.2, 0) is 9.13 Å². The van der Waals surface area contributed by atoms with Crippen molar-refractivity contribution in [2.45, 2.75) is 11.8 Å². The molecule has 0 heterocycles. The molecule has 0 aromatic heterocycles. The smallest absolute Gasteiger partial charge is 0.206 e. The van der Waals surface area contributed by atoms with E-state index in [0.717, 1.165) is 21.2 Å². The molecule has 250 valence electrons. The van der Waals surface area contributed by atoms with E-state index in [1.54, 1.807) is 0 Å². The Balaban J connectivity index is 1.27. The Morgan fingerprint density at radius 2 is 0.600 bits per heavy atom. The number of rotatable bonds is 10. The Kier molecular flexibility index (Phi) is 8.84. The average molecular weight is 693 g/mol. The summed E-state index contributed by atoms with van der Waals surface area (Å²) in [4.78, 5) is 0. The summed E-state index contributed by atoms with van der Waals surface area (Å²) >= 11 is 0. The van der Waals surface area contributed by atoms with Gasteiger partial charge in [-0.05, 0) is 96.7 Å². The second-order valence-electron chi connectivity index (χ2n) is 13.7. The van der Waals surface area contributed by atoms with Crippen molar-refractivity contribution in [2.24, 2.45) is 11.8 Å². The van der Waals surface area contributed by atoms with E-state index in [9.17, 15) is 0 Å². The van der Waals surface area contributed by atoms with E-state index in [-0.39, 0.29) is 23.7 Å². The zero-order chi connectivity index (χ0) is 34.3. The van der Waals surface area contributed by atoms with Gasteiger partial charge in [0.05, 0.1) is 0 Å². The maximum Gasteiger partial charge on any atom is 0.206 e. The average Bonchev–Trinajstić information content (AvgIpc) is 3.19. The van der Waals surface area contributed by atoms with Gasteiger partial charge in [0.2, 0.25) is 14.6 Å². The number of benzene rings is 6. The highest BCUT2D eigenvalue weighted by atomic mass is 31.2. The molecule has 9 rings (SSSR count). The molecule has 0 amide bonds. The van der Waals surface area contributed by atoms with Crippen LogP contribution in [0.1, 0.15) is 34.1 Å². The first-order valence-corrected chi connectivity index (χ1v) is 20.8. The van der Waals surface area contributed by atoms with Gasteiger partial charge in [-0.3, -0.25) is 9.13 Å². The summed E-state index contributed by atoms with van der Waals surface area (Å²) in [6, 6.07) is 57.6. The fourth-order valence-corrected chi connectivity index (χ4v) is 14.2. The first-order chi connectivity index (χ1) is 24.4. The quantitative estimate of drug-likeness (QED) is 0.136. The van der Waals surface area contributed by atoms with Gasteiger partial charge in [0, 0.05) is 46.1 Å². The molecule has 6 aromatic carbocycles. The molecule has 0 radical (unpaired) electrons. The first kappa shape index (κ1) is 32.9. The van der Waals surface area contributed by atoms with Crippen LogP contribution < -0.4 is 21.2 Å². The van der Waals surface area contributed by atoms with Crippen LogP contribution in [0.5, 0.6) is 0 Å². The van der Waals surface area contributed by atoms with Gasteiger partial charge in [0.1, 0.15) is 0 Å². The summed E-state index contributed by atoms with van der Waals surface area (Å²) in [7, 11) is -2.31. The summed E-state index contributed by atoms with van der Waals surface area (Å²) in [6.07, 6.45) is 0. The van der Waals surface area contributed by atoms with Gasteiger partial charge in [-0.25, -0.2) is 9.34 Å². The first-order valence-electron chi connectivity index (χ1n) is 17.5. The molecule has 0 aliphatic heterocycles. The normalized spacial score (nSPS) is 19.7. The largest absolute Gasteiger partial charge is 0.296 e. The minimum Gasteiger partial charge on any atom is -0.296 e. The molecule has 2 atom stereocenters. The monoisotopic (exact) mass is 692 g/mol. The van der Waals surface area contributed by atoms with E-state index in [1.807, 2.05) is 135 Å². The molecule has 0 spiro atoms. The molecule has 0 saturated carbocycles. The number of nitrogens with zero attached hydrogens (tertiary/aromatic N) is 2. The van der Waals surface area contributed by atoms with Gasteiger partial charge in [-0.15, -0.1) is 0 Å². The van der Waals surface area contributed by atoms with Crippen LogP contribution in [0.3, 0.4) is 0 Å². The van der Waals surface area contributed by atoms with Crippen LogP contribution in [0.4, 0.5) is 0 Å². The molecule has 4 nitrogen and oxygen atoms in total. The summed E-state index contributed by atoms with van der Waals surface area (Å²) in [5.74, 6) is 0.443. The van der Waals surface area contributed by atoms with E-state index < -0.39 is 14.6 Å². The molecule has 6 heteroatoms. The van der Waals surface area contributed by atoms with Gasteiger partial charge < -0.3 is 0 Å². The zero-order valence-corrected chi connectivity index (χ0v) is 30.3. The minimum absolute atomic E-state index is 0.109. The van der Waals surface area contributed by atoms with E-state index >= 15 is 9.13 Å². The van der Waals surface area contributed by atoms with Gasteiger partial charge in [-0.2, -0.15) is 0 Å². The van der Waals surface area contributed by atoms with E-state index in [2.05, 4.69) is 57.9 Å². The van der Waals surface area contributed by atoms with Gasteiger partial charge in [0.15, 0.2) is 0 Å². The van der Waals surface area contributed by atoms with Gasteiger partial charge >= 0.3 is 0 Å². The van der Waals surface area contributed by atoms with Crippen LogP contribution in [0.25, 0.3) is 0 Å². The highest BCUT2D eigenvalue weighted by molar-refractivity contribution is 7.77. The Bertz CT molecular complexity index is 1900. The van der Waals surface area contributed by atoms with Crippen LogP contribution in [-0.4, -0.2) is 36.5 Å². The van der Waals surface area contributed by atoms with Crippen molar-refractivity contribution in [2.75, 3.05) is 27.2 Å². The van der Waals surface area contributed by atoms with Crippen molar-refractivity contribution < 1.29 is 9.13 Å². The number of fused-ring (bicyclic) bond motifs is 1.